The van der Waals surface area contributed by atoms with Crippen molar-refractivity contribution in [2.45, 2.75) is 51.6 Å². The van der Waals surface area contributed by atoms with Crippen molar-refractivity contribution < 1.29 is 14.7 Å². The standard InChI is InChI=1S/C17H21Cl2NO3/c1-3-4-5-6-9-20-15-12(7-8-13(18)14(15)19)17(23,16(20)22)10-11(2)21/h7-8,23H,3-6,9-10H2,1-2H3. The highest BCUT2D eigenvalue weighted by Gasteiger charge is 2.51. The van der Waals surface area contributed by atoms with Gasteiger partial charge < -0.3 is 10.0 Å². The highest BCUT2D eigenvalue weighted by atomic mass is 35.5. The molecule has 1 atom stereocenters. The molecule has 0 radical (unpaired) electrons. The third kappa shape index (κ3) is 3.39. The maximum Gasteiger partial charge on any atom is 0.264 e. The SMILES string of the molecule is CCCCCCN1C(=O)C(O)(CC(C)=O)c2ccc(Cl)c(Cl)c21. The van der Waals surface area contributed by atoms with Gasteiger partial charge in [-0.3, -0.25) is 9.59 Å². The van der Waals surface area contributed by atoms with Gasteiger partial charge in [-0.15, -0.1) is 0 Å². The lowest BCUT2D eigenvalue weighted by Crippen LogP contribution is -2.42. The number of hydrogen-bond donors (Lipinski definition) is 1. The fourth-order valence-electron chi connectivity index (χ4n) is 3.02. The molecule has 1 aromatic carbocycles. The molecule has 0 spiro atoms. The maximum atomic E-state index is 12.8. The van der Waals surface area contributed by atoms with Crippen LogP contribution in [0.1, 0.15) is 51.5 Å². The highest BCUT2D eigenvalue weighted by molar-refractivity contribution is 6.44. The summed E-state index contributed by atoms with van der Waals surface area (Å²) in [5.41, 5.74) is -1.05. The lowest BCUT2D eigenvalue weighted by atomic mass is 9.90. The van der Waals surface area contributed by atoms with E-state index in [1.807, 2.05) is 0 Å². The molecule has 2 rings (SSSR count). The van der Waals surface area contributed by atoms with E-state index in [2.05, 4.69) is 6.92 Å². The Kier molecular flexibility index (Phi) is 5.71. The van der Waals surface area contributed by atoms with E-state index in [0.29, 0.717) is 22.8 Å². The van der Waals surface area contributed by atoms with Crippen LogP contribution in [-0.2, 0) is 15.2 Å². The molecule has 0 saturated heterocycles. The van der Waals surface area contributed by atoms with Crippen LogP contribution < -0.4 is 4.90 Å². The molecule has 0 fully saturated rings. The van der Waals surface area contributed by atoms with Crippen LogP contribution in [0.3, 0.4) is 0 Å². The van der Waals surface area contributed by atoms with Crippen LogP contribution in [0.15, 0.2) is 12.1 Å². The number of halogens is 2. The first-order chi connectivity index (χ1) is 10.8. The van der Waals surface area contributed by atoms with E-state index in [-0.39, 0.29) is 17.2 Å². The van der Waals surface area contributed by atoms with E-state index in [1.54, 1.807) is 12.1 Å². The van der Waals surface area contributed by atoms with E-state index < -0.39 is 11.5 Å². The number of rotatable bonds is 7. The Bertz CT molecular complexity index is 633. The first kappa shape index (κ1) is 18.2. The Morgan fingerprint density at radius 3 is 2.57 bits per heavy atom. The summed E-state index contributed by atoms with van der Waals surface area (Å²) in [6, 6.07) is 3.12. The number of unbranched alkanes of at least 4 members (excludes halogenated alkanes) is 3. The zero-order valence-electron chi connectivity index (χ0n) is 13.4. The number of nitrogens with zero attached hydrogens (tertiary/aromatic N) is 1. The summed E-state index contributed by atoms with van der Waals surface area (Å²) in [4.78, 5) is 25.8. The van der Waals surface area contributed by atoms with Gasteiger partial charge in [-0.25, -0.2) is 0 Å². The monoisotopic (exact) mass is 357 g/mol. The molecule has 1 unspecified atom stereocenters. The summed E-state index contributed by atoms with van der Waals surface area (Å²) >= 11 is 12.4. The first-order valence-electron chi connectivity index (χ1n) is 7.85. The van der Waals surface area contributed by atoms with Crippen molar-refractivity contribution in [3.8, 4) is 0 Å². The predicted molar refractivity (Wildman–Crippen MR) is 92.2 cm³/mol. The number of anilines is 1. The van der Waals surface area contributed by atoms with Crippen molar-refractivity contribution in [2.24, 2.45) is 0 Å². The molecule has 1 amide bonds. The van der Waals surface area contributed by atoms with Crippen molar-refractivity contribution in [1.82, 2.24) is 0 Å². The van der Waals surface area contributed by atoms with Gasteiger partial charge in [0.1, 0.15) is 5.78 Å². The van der Waals surface area contributed by atoms with Crippen LogP contribution in [0.5, 0.6) is 0 Å². The van der Waals surface area contributed by atoms with Gasteiger partial charge in [0.2, 0.25) is 0 Å². The summed E-state index contributed by atoms with van der Waals surface area (Å²) < 4.78 is 0. The molecule has 0 saturated carbocycles. The van der Waals surface area contributed by atoms with Gasteiger partial charge >= 0.3 is 0 Å². The van der Waals surface area contributed by atoms with Crippen LogP contribution in [0.25, 0.3) is 0 Å². The van der Waals surface area contributed by atoms with Gasteiger partial charge in [-0.2, -0.15) is 0 Å². The summed E-state index contributed by atoms with van der Waals surface area (Å²) in [5.74, 6) is -0.755. The molecule has 1 aliphatic heterocycles. The van der Waals surface area contributed by atoms with Crippen LogP contribution >= 0.6 is 23.2 Å². The Morgan fingerprint density at radius 2 is 1.96 bits per heavy atom. The molecule has 23 heavy (non-hydrogen) atoms. The number of carbonyl (C=O) groups is 2. The normalized spacial score (nSPS) is 20.0. The summed E-state index contributed by atoms with van der Waals surface area (Å²) in [6.45, 7) is 3.91. The number of ketones is 1. The van der Waals surface area contributed by atoms with Gasteiger partial charge in [-0.05, 0) is 19.4 Å². The van der Waals surface area contributed by atoms with Crippen LogP contribution in [-0.4, -0.2) is 23.3 Å². The second-order valence-corrected chi connectivity index (χ2v) is 6.80. The van der Waals surface area contributed by atoms with Gasteiger partial charge in [0.25, 0.3) is 5.91 Å². The average molecular weight is 358 g/mol. The lowest BCUT2D eigenvalue weighted by Gasteiger charge is -2.22. The Hall–Kier alpha value is -1.10. The molecule has 0 aliphatic carbocycles. The topological polar surface area (TPSA) is 57.6 Å². The maximum absolute atomic E-state index is 12.8. The number of hydrogen-bond acceptors (Lipinski definition) is 3. The minimum atomic E-state index is -1.85. The van der Waals surface area contributed by atoms with Crippen molar-refractivity contribution in [2.75, 3.05) is 11.4 Å². The summed E-state index contributed by atoms with van der Waals surface area (Å²) in [5, 5.41) is 11.4. The molecule has 6 heteroatoms. The second-order valence-electron chi connectivity index (χ2n) is 6.01. The molecule has 0 aromatic heterocycles. The third-order valence-corrected chi connectivity index (χ3v) is 4.92. The molecule has 1 aliphatic rings. The van der Waals surface area contributed by atoms with E-state index >= 15 is 0 Å². The number of benzene rings is 1. The van der Waals surface area contributed by atoms with E-state index in [1.165, 1.54) is 11.8 Å². The van der Waals surface area contributed by atoms with E-state index in [4.69, 9.17) is 23.2 Å². The minimum Gasteiger partial charge on any atom is -0.375 e. The van der Waals surface area contributed by atoms with Crippen LogP contribution in [0, 0.1) is 0 Å². The van der Waals surface area contributed by atoms with Gasteiger partial charge in [0.05, 0.1) is 15.7 Å². The third-order valence-electron chi connectivity index (χ3n) is 4.12. The molecule has 1 heterocycles. The number of carbonyl (C=O) groups excluding carboxylic acids is 2. The quantitative estimate of drug-likeness (QED) is 0.747. The van der Waals surface area contributed by atoms with E-state index in [0.717, 1.165) is 25.7 Å². The molecule has 126 valence electrons. The lowest BCUT2D eigenvalue weighted by molar-refractivity contribution is -0.141. The fraction of sp³-hybridized carbons (Fsp3) is 0.529. The van der Waals surface area contributed by atoms with E-state index in [9.17, 15) is 14.7 Å². The van der Waals surface area contributed by atoms with Crippen LogP contribution in [0.2, 0.25) is 10.0 Å². The van der Waals surface area contributed by atoms with Crippen molar-refractivity contribution >= 4 is 40.6 Å². The van der Waals surface area contributed by atoms with Crippen molar-refractivity contribution in [3.63, 3.8) is 0 Å². The minimum absolute atomic E-state index is 0.243. The fourth-order valence-corrected chi connectivity index (χ4v) is 3.44. The smallest absolute Gasteiger partial charge is 0.264 e. The van der Waals surface area contributed by atoms with Gasteiger partial charge in [0.15, 0.2) is 5.60 Å². The molecule has 1 N–H and O–H groups in total. The highest BCUT2D eigenvalue weighted by Crippen LogP contribution is 2.48. The molecule has 1 aromatic rings. The van der Waals surface area contributed by atoms with Crippen molar-refractivity contribution in [3.05, 3.63) is 27.7 Å². The molecular formula is C17H21Cl2NO3. The zero-order chi connectivity index (χ0) is 17.2. The number of amides is 1. The zero-order valence-corrected chi connectivity index (χ0v) is 14.9. The summed E-state index contributed by atoms with van der Waals surface area (Å²) in [6.07, 6.45) is 3.69. The summed E-state index contributed by atoms with van der Waals surface area (Å²) in [7, 11) is 0. The van der Waals surface area contributed by atoms with Crippen LogP contribution in [0.4, 0.5) is 5.69 Å². The largest absolute Gasteiger partial charge is 0.375 e. The number of Topliss-reactive ketones (excluding diaryl/α,β-unsaturated/α-hetero) is 1. The predicted octanol–water partition coefficient (Wildman–Crippen LogP) is 4.09. The number of aliphatic hydroxyl groups is 1. The average Bonchev–Trinajstić information content (AvgIpc) is 2.68. The molecule has 4 nitrogen and oxygen atoms in total. The molecular weight excluding hydrogens is 337 g/mol. The Morgan fingerprint density at radius 1 is 1.26 bits per heavy atom. The first-order valence-corrected chi connectivity index (χ1v) is 8.60. The van der Waals surface area contributed by atoms with Gasteiger partial charge in [-0.1, -0.05) is 55.5 Å². The Labute approximate surface area is 146 Å². The second kappa shape index (κ2) is 7.20. The van der Waals surface area contributed by atoms with Gasteiger partial charge in [0, 0.05) is 18.5 Å². The van der Waals surface area contributed by atoms with Crippen molar-refractivity contribution in [1.29, 1.82) is 0 Å². The Balaban J connectivity index is 2.41. The molecule has 0 bridgehead atoms. The number of fused-ring (bicyclic) bond motifs is 1.